The number of halogens is 1. The van der Waals surface area contributed by atoms with E-state index in [0.29, 0.717) is 33.6 Å². The fraction of sp³-hybridized carbons (Fsp3) is 0.233. The van der Waals surface area contributed by atoms with Crippen molar-refractivity contribution in [1.29, 1.82) is 0 Å². The summed E-state index contributed by atoms with van der Waals surface area (Å²) in [6.45, 7) is 4.18. The number of carbonyl (C=O) groups is 3. The number of hydrogen-bond acceptors (Lipinski definition) is 7. The van der Waals surface area contributed by atoms with E-state index in [1.807, 2.05) is 79.1 Å². The van der Waals surface area contributed by atoms with Crippen LogP contribution >= 0.6 is 0 Å². The van der Waals surface area contributed by atoms with Crippen LogP contribution in [0.4, 0.5) is 4.39 Å². The number of amides is 1. The van der Waals surface area contributed by atoms with Gasteiger partial charge in [0.05, 0.1) is 31.3 Å². The van der Waals surface area contributed by atoms with Crippen molar-refractivity contribution >= 4 is 23.9 Å². The van der Waals surface area contributed by atoms with Crippen molar-refractivity contribution in [3.8, 4) is 22.3 Å². The summed E-state index contributed by atoms with van der Waals surface area (Å²) in [5, 5.41) is 24.3. The first-order valence-corrected chi connectivity index (χ1v) is 17.3. The van der Waals surface area contributed by atoms with E-state index in [9.17, 15) is 29.0 Å². The van der Waals surface area contributed by atoms with Crippen molar-refractivity contribution in [2.45, 2.75) is 58.1 Å². The van der Waals surface area contributed by atoms with Crippen molar-refractivity contribution < 1.29 is 38.5 Å². The molecule has 1 aromatic heterocycles. The first kappa shape index (κ1) is 38.4. The molecule has 4 aromatic carbocycles. The summed E-state index contributed by atoms with van der Waals surface area (Å²) in [5.74, 6) is -1.84. The normalized spacial score (nSPS) is 12.4. The molecule has 0 fully saturated rings. The van der Waals surface area contributed by atoms with Crippen LogP contribution in [0.15, 0.2) is 115 Å². The fourth-order valence-electron chi connectivity index (χ4n) is 6.08. The minimum Gasteiger partial charge on any atom is -0.469 e. The van der Waals surface area contributed by atoms with Gasteiger partial charge in [-0.05, 0) is 66.4 Å². The number of rotatable bonds is 15. The van der Waals surface area contributed by atoms with Crippen LogP contribution in [0.2, 0.25) is 0 Å². The number of methoxy groups -OCH3 is 1. The second-order valence-electron chi connectivity index (χ2n) is 12.9. The van der Waals surface area contributed by atoms with E-state index < -0.39 is 30.0 Å². The second-order valence-corrected chi connectivity index (χ2v) is 12.9. The molecule has 0 saturated heterocycles. The maximum atomic E-state index is 14.4. The van der Waals surface area contributed by atoms with Crippen LogP contribution in [0.25, 0.3) is 28.3 Å². The minimum absolute atomic E-state index is 0.123. The Bertz CT molecular complexity index is 2020. The predicted octanol–water partition coefficient (Wildman–Crippen LogP) is 7.52. The highest BCUT2D eigenvalue weighted by Crippen LogP contribution is 2.42. The summed E-state index contributed by atoms with van der Waals surface area (Å²) in [6, 6.07) is 31.4. The Hall–Kier alpha value is -5.84. The van der Waals surface area contributed by atoms with Crippen LogP contribution in [-0.4, -0.2) is 51.9 Å². The average molecular weight is 719 g/mol. The van der Waals surface area contributed by atoms with Crippen molar-refractivity contribution in [2.75, 3.05) is 7.11 Å². The number of hydrogen-bond donors (Lipinski definition) is 3. The smallest absolute Gasteiger partial charge is 0.338 e. The van der Waals surface area contributed by atoms with Crippen molar-refractivity contribution in [1.82, 2.24) is 9.88 Å². The van der Waals surface area contributed by atoms with Gasteiger partial charge in [0.1, 0.15) is 18.1 Å². The Labute approximate surface area is 308 Å². The quantitative estimate of drug-likeness (QED) is 0.0957. The van der Waals surface area contributed by atoms with Gasteiger partial charge in [-0.25, -0.2) is 9.18 Å². The second kappa shape index (κ2) is 18.1. The number of aliphatic hydroxyl groups is 2. The Morgan fingerprint density at radius 2 is 1.43 bits per heavy atom. The molecule has 0 unspecified atom stereocenters. The predicted molar refractivity (Wildman–Crippen MR) is 201 cm³/mol. The summed E-state index contributed by atoms with van der Waals surface area (Å²) in [7, 11) is 1.23. The van der Waals surface area contributed by atoms with Crippen LogP contribution < -0.4 is 5.32 Å². The Morgan fingerprint density at radius 1 is 0.811 bits per heavy atom. The molecule has 0 bridgehead atoms. The summed E-state index contributed by atoms with van der Waals surface area (Å²) >= 11 is 0. The molecule has 0 radical (unpaired) electrons. The van der Waals surface area contributed by atoms with Gasteiger partial charge in [0.15, 0.2) is 0 Å². The lowest BCUT2D eigenvalue weighted by atomic mass is 9.94. The zero-order valence-corrected chi connectivity index (χ0v) is 29.9. The molecular formula is C43H43FN2O7. The van der Waals surface area contributed by atoms with E-state index >= 15 is 0 Å². The molecule has 1 heterocycles. The standard InChI is InChI=1S/C43H43FN2O7/c1-28(2)46-37(23-22-35(47)24-36(48)25-38(49)52-3)39(32-18-20-34(44)21-19-32)40(31-12-8-5-9-13-31)41(46)42(50)45-26-29-14-16-33(17-15-29)43(51)53-27-30-10-6-4-7-11-30/h4-23,28,35-36,47-48H,24-27H2,1-3H3,(H,45,50)/b23-22+/t35-,36-/m1/s1. The number of esters is 2. The zero-order valence-electron chi connectivity index (χ0n) is 29.9. The van der Waals surface area contributed by atoms with Crippen LogP contribution in [-0.2, 0) is 27.4 Å². The lowest BCUT2D eigenvalue weighted by Crippen LogP contribution is -2.27. The number of carbonyl (C=O) groups excluding carboxylic acids is 3. The third-order valence-corrected chi connectivity index (χ3v) is 8.65. The lowest BCUT2D eigenvalue weighted by molar-refractivity contribution is -0.143. The number of aliphatic hydroxyl groups excluding tert-OH is 2. The van der Waals surface area contributed by atoms with Crippen molar-refractivity contribution in [2.24, 2.45) is 0 Å². The molecular weight excluding hydrogens is 675 g/mol. The van der Waals surface area contributed by atoms with E-state index in [-0.39, 0.29) is 37.9 Å². The Balaban J connectivity index is 1.49. The fourth-order valence-corrected chi connectivity index (χ4v) is 6.08. The average Bonchev–Trinajstić information content (AvgIpc) is 3.52. The van der Waals surface area contributed by atoms with E-state index in [0.717, 1.165) is 16.7 Å². The Kier molecular flexibility index (Phi) is 13.1. The highest BCUT2D eigenvalue weighted by atomic mass is 19.1. The maximum Gasteiger partial charge on any atom is 0.338 e. The minimum atomic E-state index is -1.14. The van der Waals surface area contributed by atoms with Crippen LogP contribution in [0.3, 0.4) is 0 Å². The number of benzene rings is 4. The molecule has 53 heavy (non-hydrogen) atoms. The molecule has 0 saturated carbocycles. The first-order valence-electron chi connectivity index (χ1n) is 17.3. The number of aromatic nitrogens is 1. The molecule has 3 N–H and O–H groups in total. The van der Waals surface area contributed by atoms with E-state index in [4.69, 9.17) is 4.74 Å². The highest BCUT2D eigenvalue weighted by molar-refractivity contribution is 6.06. The highest BCUT2D eigenvalue weighted by Gasteiger charge is 2.29. The largest absolute Gasteiger partial charge is 0.469 e. The molecule has 10 heteroatoms. The summed E-state index contributed by atoms with van der Waals surface area (Å²) in [5.41, 5.74) is 5.61. The van der Waals surface area contributed by atoms with E-state index in [1.54, 1.807) is 42.5 Å². The van der Waals surface area contributed by atoms with Gasteiger partial charge < -0.3 is 29.6 Å². The van der Waals surface area contributed by atoms with Gasteiger partial charge >= 0.3 is 11.9 Å². The SMILES string of the molecule is COC(=O)C[C@H](O)C[C@H](O)/C=C/c1c(-c2ccc(F)cc2)c(-c2ccccc2)c(C(=O)NCc2ccc(C(=O)OCc3ccccc3)cc2)n1C(C)C. The monoisotopic (exact) mass is 718 g/mol. The molecule has 274 valence electrons. The lowest BCUT2D eigenvalue weighted by Gasteiger charge is -2.17. The molecule has 5 aromatic rings. The van der Waals surface area contributed by atoms with Gasteiger partial charge in [-0.2, -0.15) is 0 Å². The third-order valence-electron chi connectivity index (χ3n) is 8.65. The molecule has 9 nitrogen and oxygen atoms in total. The summed E-state index contributed by atoms with van der Waals surface area (Å²) in [6.07, 6.45) is 0.529. The molecule has 2 atom stereocenters. The van der Waals surface area contributed by atoms with Gasteiger partial charge in [-0.1, -0.05) is 91.0 Å². The van der Waals surface area contributed by atoms with Gasteiger partial charge in [0.25, 0.3) is 5.91 Å². The van der Waals surface area contributed by atoms with Crippen LogP contribution in [0, 0.1) is 5.82 Å². The van der Waals surface area contributed by atoms with E-state index in [1.165, 1.54) is 25.3 Å². The third kappa shape index (κ3) is 9.94. The van der Waals surface area contributed by atoms with Crippen LogP contribution in [0.1, 0.15) is 70.4 Å². The maximum absolute atomic E-state index is 14.4. The van der Waals surface area contributed by atoms with E-state index in [2.05, 4.69) is 10.1 Å². The molecule has 0 spiro atoms. The number of nitrogens with one attached hydrogen (secondary N) is 1. The number of nitrogens with zero attached hydrogens (tertiary/aromatic N) is 1. The number of ether oxygens (including phenoxy) is 2. The Morgan fingerprint density at radius 3 is 2.06 bits per heavy atom. The van der Waals surface area contributed by atoms with Crippen LogP contribution in [0.5, 0.6) is 0 Å². The van der Waals surface area contributed by atoms with Crippen molar-refractivity contribution in [3.63, 3.8) is 0 Å². The summed E-state index contributed by atoms with van der Waals surface area (Å²) in [4.78, 5) is 38.7. The summed E-state index contributed by atoms with van der Waals surface area (Å²) < 4.78 is 26.1. The van der Waals surface area contributed by atoms with Gasteiger partial charge in [-0.3, -0.25) is 9.59 Å². The topological polar surface area (TPSA) is 127 Å². The zero-order chi connectivity index (χ0) is 37.9. The van der Waals surface area contributed by atoms with Gasteiger partial charge in [0.2, 0.25) is 0 Å². The molecule has 0 aliphatic rings. The van der Waals surface area contributed by atoms with Crippen molar-refractivity contribution in [3.05, 3.63) is 149 Å². The molecule has 0 aliphatic heterocycles. The molecule has 1 amide bonds. The molecule has 0 aliphatic carbocycles. The molecule has 5 rings (SSSR count). The van der Waals surface area contributed by atoms with Gasteiger partial charge in [-0.15, -0.1) is 0 Å². The first-order chi connectivity index (χ1) is 25.5. The van der Waals surface area contributed by atoms with Gasteiger partial charge in [0, 0.05) is 35.8 Å².